The number of halogens is 1. The van der Waals surface area contributed by atoms with Crippen molar-refractivity contribution in [2.24, 2.45) is 0 Å². The number of hydrogen-bond donors (Lipinski definition) is 1. The van der Waals surface area contributed by atoms with Gasteiger partial charge in [-0.25, -0.2) is 9.18 Å². The van der Waals surface area contributed by atoms with Crippen LogP contribution in [-0.2, 0) is 10.3 Å². The van der Waals surface area contributed by atoms with Crippen molar-refractivity contribution in [1.29, 1.82) is 0 Å². The van der Waals surface area contributed by atoms with Crippen molar-refractivity contribution in [3.05, 3.63) is 65.1 Å². The van der Waals surface area contributed by atoms with Gasteiger partial charge in [0.15, 0.2) is 5.54 Å². The Balaban J connectivity index is 1.78. The molecule has 2 amide bonds. The van der Waals surface area contributed by atoms with E-state index >= 15 is 0 Å². The fourth-order valence-electron chi connectivity index (χ4n) is 6.76. The Bertz CT molecular complexity index is 1470. The average molecular weight is 502 g/mol. The molecule has 1 aromatic heterocycles. The quantitative estimate of drug-likeness (QED) is 0.346. The number of carbonyl (C=O) groups excluding carboxylic acids is 2. The van der Waals surface area contributed by atoms with Crippen LogP contribution in [0, 0.1) is 17.3 Å². The Hall–Kier alpha value is -3.37. The molecule has 1 N–H and O–H groups in total. The van der Waals surface area contributed by atoms with Crippen molar-refractivity contribution in [3.63, 3.8) is 0 Å². The van der Waals surface area contributed by atoms with E-state index in [4.69, 9.17) is 0 Å². The maximum atomic E-state index is 14.8. The lowest BCUT2D eigenvalue weighted by atomic mass is 9.82. The molecule has 1 spiro atoms. The number of para-hydroxylation sites is 2. The average Bonchev–Trinajstić information content (AvgIpc) is 3.28. The van der Waals surface area contributed by atoms with Gasteiger partial charge in [0.05, 0.1) is 11.2 Å². The second kappa shape index (κ2) is 8.07. The summed E-state index contributed by atoms with van der Waals surface area (Å²) in [5.74, 6) is 2.54. The highest BCUT2D eigenvalue weighted by molar-refractivity contribution is 6.90. The lowest BCUT2D eigenvalue weighted by molar-refractivity contribution is -0.122. The molecule has 1 unspecified atom stereocenters. The standard InChI is InChI=1S/C29H32FN3O2Si/c1-17(2)36(18(3)4,19(5)6)15-14-21-16-20-10-8-11-22-25(20)33(21)28(35)31-29(22)23-12-9-13-24(30)26(23)32(7)27(29)34/h8-13,16-19H,1-7H3,(H,31,35). The number of rotatable bonds is 3. The Kier molecular flexibility index (Phi) is 5.45. The van der Waals surface area contributed by atoms with E-state index in [-0.39, 0.29) is 11.6 Å². The summed E-state index contributed by atoms with van der Waals surface area (Å²) in [5, 5.41) is 3.80. The molecular formula is C29H32FN3O2Si. The van der Waals surface area contributed by atoms with Crippen molar-refractivity contribution in [2.45, 2.75) is 63.7 Å². The molecule has 2 aromatic carbocycles. The van der Waals surface area contributed by atoms with E-state index in [1.54, 1.807) is 23.7 Å². The maximum Gasteiger partial charge on any atom is 0.328 e. The predicted octanol–water partition coefficient (Wildman–Crippen LogP) is 6.14. The monoisotopic (exact) mass is 501 g/mol. The van der Waals surface area contributed by atoms with Gasteiger partial charge < -0.3 is 10.2 Å². The molecule has 7 heteroatoms. The van der Waals surface area contributed by atoms with E-state index < -0.39 is 25.5 Å². The third-order valence-corrected chi connectivity index (χ3v) is 14.6. The van der Waals surface area contributed by atoms with Crippen molar-refractivity contribution in [3.8, 4) is 11.5 Å². The Morgan fingerprint density at radius 1 is 0.944 bits per heavy atom. The van der Waals surface area contributed by atoms with Gasteiger partial charge in [-0.2, -0.15) is 0 Å². The maximum absolute atomic E-state index is 14.8. The first-order valence-corrected chi connectivity index (χ1v) is 14.8. The molecule has 1 atom stereocenters. The first kappa shape index (κ1) is 24.3. The molecule has 0 saturated heterocycles. The zero-order valence-electron chi connectivity index (χ0n) is 21.9. The third kappa shape index (κ3) is 2.94. The summed E-state index contributed by atoms with van der Waals surface area (Å²) in [4.78, 5) is 28.7. The molecule has 186 valence electrons. The number of likely N-dealkylation sites (N-methyl/N-ethyl adjacent to an activating group) is 1. The number of carbonyl (C=O) groups is 2. The number of amides is 2. The Labute approximate surface area is 212 Å². The Morgan fingerprint density at radius 3 is 2.19 bits per heavy atom. The fourth-order valence-corrected chi connectivity index (χ4v) is 12.0. The molecule has 0 aliphatic carbocycles. The smallest absolute Gasteiger partial charge is 0.315 e. The molecule has 2 aliphatic rings. The highest BCUT2D eigenvalue weighted by Crippen LogP contribution is 2.49. The second-order valence-electron chi connectivity index (χ2n) is 10.9. The fraction of sp³-hybridized carbons (Fsp3) is 0.379. The largest absolute Gasteiger partial charge is 0.328 e. The number of benzene rings is 2. The van der Waals surface area contributed by atoms with Crippen LogP contribution >= 0.6 is 0 Å². The molecular weight excluding hydrogens is 469 g/mol. The molecule has 0 bridgehead atoms. The van der Waals surface area contributed by atoms with Gasteiger partial charge in [-0.15, -0.1) is 5.54 Å². The van der Waals surface area contributed by atoms with Crippen LogP contribution in [0.15, 0.2) is 42.5 Å². The minimum Gasteiger partial charge on any atom is -0.315 e. The van der Waals surface area contributed by atoms with E-state index in [0.717, 1.165) is 5.39 Å². The molecule has 2 aliphatic heterocycles. The molecule has 5 rings (SSSR count). The molecule has 0 saturated carbocycles. The highest BCUT2D eigenvalue weighted by atomic mass is 28.3. The van der Waals surface area contributed by atoms with Crippen LogP contribution in [0.25, 0.3) is 10.9 Å². The zero-order valence-corrected chi connectivity index (χ0v) is 22.9. The van der Waals surface area contributed by atoms with E-state index in [1.807, 2.05) is 24.3 Å². The normalized spacial score (nSPS) is 18.9. The van der Waals surface area contributed by atoms with Crippen LogP contribution < -0.4 is 10.2 Å². The van der Waals surface area contributed by atoms with Crippen LogP contribution in [-0.4, -0.2) is 31.6 Å². The first-order valence-electron chi connectivity index (χ1n) is 12.6. The Morgan fingerprint density at radius 2 is 1.56 bits per heavy atom. The predicted molar refractivity (Wildman–Crippen MR) is 144 cm³/mol. The number of hydrogen-bond acceptors (Lipinski definition) is 2. The summed E-state index contributed by atoms with van der Waals surface area (Å²) in [5.41, 5.74) is 6.15. The van der Waals surface area contributed by atoms with E-state index in [0.29, 0.717) is 39.0 Å². The van der Waals surface area contributed by atoms with E-state index in [1.165, 1.54) is 11.0 Å². The van der Waals surface area contributed by atoms with Crippen LogP contribution in [0.3, 0.4) is 0 Å². The lowest BCUT2D eigenvalue weighted by Crippen LogP contribution is -2.57. The molecule has 3 aromatic rings. The van der Waals surface area contributed by atoms with Gasteiger partial charge in [0, 0.05) is 23.6 Å². The third-order valence-electron chi connectivity index (χ3n) is 8.35. The van der Waals surface area contributed by atoms with Crippen LogP contribution in [0.4, 0.5) is 14.9 Å². The number of nitrogens with zero attached hydrogens (tertiary/aromatic N) is 2. The zero-order chi connectivity index (χ0) is 26.2. The number of aromatic nitrogens is 1. The van der Waals surface area contributed by atoms with Crippen LogP contribution in [0.2, 0.25) is 16.6 Å². The summed E-state index contributed by atoms with van der Waals surface area (Å²) in [6.07, 6.45) is 0. The van der Waals surface area contributed by atoms with Gasteiger partial charge in [0.2, 0.25) is 0 Å². The van der Waals surface area contributed by atoms with Gasteiger partial charge in [0.1, 0.15) is 19.6 Å². The van der Waals surface area contributed by atoms with Gasteiger partial charge >= 0.3 is 6.03 Å². The number of fused-ring (bicyclic) bond motifs is 3. The molecule has 3 heterocycles. The van der Waals surface area contributed by atoms with Crippen LogP contribution in [0.1, 0.15) is 58.4 Å². The number of anilines is 1. The van der Waals surface area contributed by atoms with Gasteiger partial charge in [-0.1, -0.05) is 77.8 Å². The molecule has 0 radical (unpaired) electrons. The molecule has 0 fully saturated rings. The van der Waals surface area contributed by atoms with E-state index in [9.17, 15) is 14.0 Å². The van der Waals surface area contributed by atoms with Crippen molar-refractivity contribution >= 4 is 36.6 Å². The van der Waals surface area contributed by atoms with Crippen LogP contribution in [0.5, 0.6) is 0 Å². The first-order chi connectivity index (χ1) is 17.0. The molecule has 5 nitrogen and oxygen atoms in total. The summed E-state index contributed by atoms with van der Waals surface area (Å²) in [6, 6.07) is 11.8. The van der Waals surface area contributed by atoms with Gasteiger partial charge in [0.25, 0.3) is 5.91 Å². The molecule has 36 heavy (non-hydrogen) atoms. The SMILES string of the molecule is CC(C)[Si](C#Cc1cc2cccc3c2n1C(=O)NC31C(=O)N(C)c2c(F)cccc21)(C(C)C)C(C)C. The van der Waals surface area contributed by atoms with E-state index in [2.05, 4.69) is 58.3 Å². The van der Waals surface area contributed by atoms with Crippen molar-refractivity contribution in [1.82, 2.24) is 9.88 Å². The summed E-state index contributed by atoms with van der Waals surface area (Å²) < 4.78 is 16.4. The summed E-state index contributed by atoms with van der Waals surface area (Å²) in [7, 11) is -0.482. The van der Waals surface area contributed by atoms with Gasteiger partial charge in [-0.05, 0) is 28.8 Å². The minimum absolute atomic E-state index is 0.196. The second-order valence-corrected chi connectivity index (χ2v) is 16.5. The summed E-state index contributed by atoms with van der Waals surface area (Å²) >= 11 is 0. The number of nitrogens with one attached hydrogen (secondary N) is 1. The minimum atomic E-state index is -2.03. The summed E-state index contributed by atoms with van der Waals surface area (Å²) in [6.45, 7) is 13.5. The van der Waals surface area contributed by atoms with Crippen molar-refractivity contribution < 1.29 is 14.0 Å². The topological polar surface area (TPSA) is 54.3 Å². The lowest BCUT2D eigenvalue weighted by Gasteiger charge is -2.38. The van der Waals surface area contributed by atoms with Crippen molar-refractivity contribution in [2.75, 3.05) is 11.9 Å². The highest BCUT2D eigenvalue weighted by Gasteiger charge is 2.56. The van der Waals surface area contributed by atoms with Gasteiger partial charge in [-0.3, -0.25) is 9.36 Å².